The third-order valence-corrected chi connectivity index (χ3v) is 2.98. The fourth-order valence-electron chi connectivity index (χ4n) is 2.03. The monoisotopic (exact) mass is 219 g/mol. The van der Waals surface area contributed by atoms with Crippen molar-refractivity contribution in [2.45, 2.75) is 44.8 Å². The van der Waals surface area contributed by atoms with E-state index in [0.29, 0.717) is 6.54 Å². The van der Waals surface area contributed by atoms with Crippen molar-refractivity contribution in [3.63, 3.8) is 0 Å². The molecule has 2 N–H and O–H groups in total. The first-order valence-electron chi connectivity index (χ1n) is 6.16. The average Bonchev–Trinajstić information content (AvgIpc) is 3.09. The van der Waals surface area contributed by atoms with Crippen molar-refractivity contribution < 1.29 is 4.74 Å². The predicted octanol–water partition coefficient (Wildman–Crippen LogP) is 2.99. The van der Waals surface area contributed by atoms with Crippen LogP contribution >= 0.6 is 0 Å². The van der Waals surface area contributed by atoms with E-state index in [9.17, 15) is 0 Å². The Morgan fingerprint density at radius 2 is 2.12 bits per heavy atom. The largest absolute Gasteiger partial charge is 0.370 e. The number of benzene rings is 1. The minimum absolute atomic E-state index is 0.0405. The molecule has 1 aliphatic carbocycles. The Labute approximate surface area is 97.8 Å². The first-order chi connectivity index (χ1) is 7.70. The smallest absolute Gasteiger partial charge is 0.0950 e. The second-order valence-corrected chi connectivity index (χ2v) is 4.85. The highest BCUT2D eigenvalue weighted by atomic mass is 16.5. The molecule has 2 rings (SSSR count). The lowest BCUT2D eigenvalue weighted by atomic mass is 10.0. The van der Waals surface area contributed by atoms with Gasteiger partial charge in [0.25, 0.3) is 0 Å². The van der Waals surface area contributed by atoms with Gasteiger partial charge < -0.3 is 10.5 Å². The van der Waals surface area contributed by atoms with Crippen LogP contribution < -0.4 is 5.73 Å². The molecule has 0 spiro atoms. The molecule has 2 heteroatoms. The standard InChI is InChI=1S/C14H21NO/c1-10(2)16-14(9-15)13-5-3-4-12(8-13)11-6-7-11/h3-5,8,10-11,14H,6-7,9,15H2,1-2H3. The molecule has 0 radical (unpaired) electrons. The third-order valence-electron chi connectivity index (χ3n) is 2.98. The molecule has 1 aromatic rings. The van der Waals surface area contributed by atoms with Crippen LogP contribution in [0.15, 0.2) is 24.3 Å². The molecule has 0 saturated heterocycles. The van der Waals surface area contributed by atoms with Gasteiger partial charge in [-0.25, -0.2) is 0 Å². The predicted molar refractivity (Wildman–Crippen MR) is 66.4 cm³/mol. The van der Waals surface area contributed by atoms with Gasteiger partial charge in [0, 0.05) is 6.54 Å². The molecule has 1 aliphatic rings. The summed E-state index contributed by atoms with van der Waals surface area (Å²) in [5, 5.41) is 0. The molecule has 0 aliphatic heterocycles. The zero-order chi connectivity index (χ0) is 11.5. The van der Waals surface area contributed by atoms with Crippen molar-refractivity contribution in [1.29, 1.82) is 0 Å². The van der Waals surface area contributed by atoms with Crippen LogP contribution in [0.3, 0.4) is 0 Å². The van der Waals surface area contributed by atoms with Crippen LogP contribution in [-0.4, -0.2) is 12.6 Å². The summed E-state index contributed by atoms with van der Waals surface area (Å²) in [6.07, 6.45) is 2.93. The van der Waals surface area contributed by atoms with E-state index >= 15 is 0 Å². The molecular formula is C14H21NO. The molecule has 0 heterocycles. The van der Waals surface area contributed by atoms with Crippen LogP contribution in [0.2, 0.25) is 0 Å². The van der Waals surface area contributed by atoms with Gasteiger partial charge >= 0.3 is 0 Å². The minimum atomic E-state index is 0.0405. The first kappa shape index (κ1) is 11.6. The van der Waals surface area contributed by atoms with Crippen molar-refractivity contribution in [3.8, 4) is 0 Å². The van der Waals surface area contributed by atoms with E-state index in [2.05, 4.69) is 24.3 Å². The summed E-state index contributed by atoms with van der Waals surface area (Å²) in [6.45, 7) is 4.65. The van der Waals surface area contributed by atoms with Gasteiger partial charge in [0.1, 0.15) is 0 Å². The van der Waals surface area contributed by atoms with Crippen LogP contribution in [-0.2, 0) is 4.74 Å². The number of rotatable bonds is 5. The van der Waals surface area contributed by atoms with E-state index in [1.54, 1.807) is 0 Å². The average molecular weight is 219 g/mol. The van der Waals surface area contributed by atoms with Gasteiger partial charge in [-0.05, 0) is 43.7 Å². The summed E-state index contributed by atoms with van der Waals surface area (Å²) in [7, 11) is 0. The maximum atomic E-state index is 5.82. The van der Waals surface area contributed by atoms with E-state index in [0.717, 1.165) is 5.92 Å². The Bertz CT molecular complexity index is 344. The highest BCUT2D eigenvalue weighted by Crippen LogP contribution is 2.40. The fourth-order valence-corrected chi connectivity index (χ4v) is 2.03. The van der Waals surface area contributed by atoms with E-state index < -0.39 is 0 Å². The number of ether oxygens (including phenoxy) is 1. The van der Waals surface area contributed by atoms with Gasteiger partial charge in [-0.2, -0.15) is 0 Å². The number of nitrogens with two attached hydrogens (primary N) is 1. The molecule has 0 amide bonds. The Morgan fingerprint density at radius 3 is 2.69 bits per heavy atom. The lowest BCUT2D eigenvalue weighted by molar-refractivity contribution is 0.0119. The third kappa shape index (κ3) is 2.83. The van der Waals surface area contributed by atoms with Crippen LogP contribution in [0.5, 0.6) is 0 Å². The van der Waals surface area contributed by atoms with Crippen molar-refractivity contribution in [2.75, 3.05) is 6.54 Å². The normalized spacial score (nSPS) is 17.8. The highest BCUT2D eigenvalue weighted by Gasteiger charge is 2.24. The zero-order valence-corrected chi connectivity index (χ0v) is 10.1. The summed E-state index contributed by atoms with van der Waals surface area (Å²) in [4.78, 5) is 0. The maximum Gasteiger partial charge on any atom is 0.0950 e. The topological polar surface area (TPSA) is 35.2 Å². The molecule has 1 unspecified atom stereocenters. The van der Waals surface area contributed by atoms with E-state index in [1.807, 2.05) is 13.8 Å². The molecule has 1 aromatic carbocycles. The SMILES string of the molecule is CC(C)OC(CN)c1cccc(C2CC2)c1. The molecule has 1 saturated carbocycles. The van der Waals surface area contributed by atoms with E-state index in [-0.39, 0.29) is 12.2 Å². The zero-order valence-electron chi connectivity index (χ0n) is 10.1. The summed E-state index contributed by atoms with van der Waals surface area (Å²) in [5.41, 5.74) is 8.44. The Hall–Kier alpha value is -0.860. The highest BCUT2D eigenvalue weighted by molar-refractivity contribution is 5.30. The Balaban J connectivity index is 2.13. The fraction of sp³-hybridized carbons (Fsp3) is 0.571. The van der Waals surface area contributed by atoms with Gasteiger partial charge in [-0.3, -0.25) is 0 Å². The Kier molecular flexibility index (Phi) is 3.62. The molecule has 88 valence electrons. The summed E-state index contributed by atoms with van der Waals surface area (Å²) >= 11 is 0. The molecule has 16 heavy (non-hydrogen) atoms. The van der Waals surface area contributed by atoms with E-state index in [1.165, 1.54) is 24.0 Å². The summed E-state index contributed by atoms with van der Waals surface area (Å²) < 4.78 is 5.82. The minimum Gasteiger partial charge on any atom is -0.370 e. The number of hydrogen-bond acceptors (Lipinski definition) is 2. The first-order valence-corrected chi connectivity index (χ1v) is 6.16. The van der Waals surface area contributed by atoms with Crippen molar-refractivity contribution >= 4 is 0 Å². The van der Waals surface area contributed by atoms with Crippen molar-refractivity contribution in [3.05, 3.63) is 35.4 Å². The second kappa shape index (κ2) is 4.98. The van der Waals surface area contributed by atoms with E-state index in [4.69, 9.17) is 10.5 Å². The Morgan fingerprint density at radius 1 is 1.38 bits per heavy atom. The van der Waals surface area contributed by atoms with Gasteiger partial charge in [-0.15, -0.1) is 0 Å². The molecule has 1 fully saturated rings. The van der Waals surface area contributed by atoms with Crippen molar-refractivity contribution in [1.82, 2.24) is 0 Å². The lowest BCUT2D eigenvalue weighted by Gasteiger charge is -2.19. The van der Waals surface area contributed by atoms with Gasteiger partial charge in [0.2, 0.25) is 0 Å². The quantitative estimate of drug-likeness (QED) is 0.826. The van der Waals surface area contributed by atoms with Crippen molar-refractivity contribution in [2.24, 2.45) is 5.73 Å². The van der Waals surface area contributed by atoms with Crippen LogP contribution in [0.4, 0.5) is 0 Å². The lowest BCUT2D eigenvalue weighted by Crippen LogP contribution is -2.19. The van der Waals surface area contributed by atoms with Crippen LogP contribution in [0.25, 0.3) is 0 Å². The van der Waals surface area contributed by atoms with Gasteiger partial charge in [0.15, 0.2) is 0 Å². The van der Waals surface area contributed by atoms with Gasteiger partial charge in [-0.1, -0.05) is 24.3 Å². The summed E-state index contributed by atoms with van der Waals surface area (Å²) in [6, 6.07) is 8.71. The van der Waals surface area contributed by atoms with Crippen LogP contribution in [0, 0.1) is 0 Å². The number of hydrogen-bond donors (Lipinski definition) is 1. The molecule has 0 bridgehead atoms. The second-order valence-electron chi connectivity index (χ2n) is 4.85. The van der Waals surface area contributed by atoms with Gasteiger partial charge in [0.05, 0.1) is 12.2 Å². The molecule has 1 atom stereocenters. The molecular weight excluding hydrogens is 198 g/mol. The maximum absolute atomic E-state index is 5.82. The molecule has 0 aromatic heterocycles. The van der Waals surface area contributed by atoms with Crippen LogP contribution in [0.1, 0.15) is 49.8 Å². The molecule has 2 nitrogen and oxygen atoms in total. The summed E-state index contributed by atoms with van der Waals surface area (Å²) in [5.74, 6) is 0.789.